The molecule has 1 unspecified atom stereocenters. The van der Waals surface area contributed by atoms with Crippen molar-refractivity contribution in [1.29, 1.82) is 0 Å². The SMILES string of the molecule is CC(Nc1cnn(C(C)C)c(=O)c1Cl)c1ccncc1. The highest BCUT2D eigenvalue weighted by molar-refractivity contribution is 6.32. The first-order valence-electron chi connectivity index (χ1n) is 6.44. The summed E-state index contributed by atoms with van der Waals surface area (Å²) in [6.45, 7) is 5.76. The maximum absolute atomic E-state index is 12.1. The molecule has 1 atom stereocenters. The Hall–Kier alpha value is -1.88. The second kappa shape index (κ2) is 6.05. The van der Waals surface area contributed by atoms with E-state index in [0.717, 1.165) is 5.56 Å². The Labute approximate surface area is 122 Å². The van der Waals surface area contributed by atoms with E-state index in [1.807, 2.05) is 32.9 Å². The van der Waals surface area contributed by atoms with Gasteiger partial charge in [0.15, 0.2) is 0 Å². The van der Waals surface area contributed by atoms with E-state index in [0.29, 0.717) is 5.69 Å². The highest BCUT2D eigenvalue weighted by Crippen LogP contribution is 2.22. The maximum atomic E-state index is 12.1. The molecule has 0 fully saturated rings. The van der Waals surface area contributed by atoms with E-state index in [1.54, 1.807) is 18.6 Å². The minimum atomic E-state index is -0.284. The van der Waals surface area contributed by atoms with Crippen molar-refractivity contribution >= 4 is 17.3 Å². The number of nitrogens with zero attached hydrogens (tertiary/aromatic N) is 3. The van der Waals surface area contributed by atoms with Gasteiger partial charge in [0.2, 0.25) is 0 Å². The van der Waals surface area contributed by atoms with Crippen LogP contribution in [0, 0.1) is 0 Å². The minimum Gasteiger partial charge on any atom is -0.376 e. The molecular weight excluding hydrogens is 276 g/mol. The summed E-state index contributed by atoms with van der Waals surface area (Å²) in [6, 6.07) is 3.81. The third kappa shape index (κ3) is 2.99. The van der Waals surface area contributed by atoms with E-state index < -0.39 is 0 Å². The molecule has 5 nitrogen and oxygen atoms in total. The lowest BCUT2D eigenvalue weighted by Gasteiger charge is -2.17. The van der Waals surface area contributed by atoms with Crippen molar-refractivity contribution in [3.05, 3.63) is 51.7 Å². The normalized spacial score (nSPS) is 12.4. The third-order valence-electron chi connectivity index (χ3n) is 3.01. The van der Waals surface area contributed by atoms with Crippen LogP contribution in [0.2, 0.25) is 5.02 Å². The zero-order chi connectivity index (χ0) is 14.7. The van der Waals surface area contributed by atoms with Gasteiger partial charge < -0.3 is 5.32 Å². The van der Waals surface area contributed by atoms with Crippen molar-refractivity contribution in [3.63, 3.8) is 0 Å². The fourth-order valence-electron chi connectivity index (χ4n) is 1.88. The maximum Gasteiger partial charge on any atom is 0.287 e. The summed E-state index contributed by atoms with van der Waals surface area (Å²) in [7, 11) is 0. The van der Waals surface area contributed by atoms with Crippen LogP contribution in [0.3, 0.4) is 0 Å². The first kappa shape index (κ1) is 14.5. The molecule has 0 aliphatic heterocycles. The lowest BCUT2D eigenvalue weighted by Crippen LogP contribution is -2.26. The Morgan fingerprint density at radius 1 is 1.25 bits per heavy atom. The van der Waals surface area contributed by atoms with Crippen LogP contribution in [-0.2, 0) is 0 Å². The van der Waals surface area contributed by atoms with Crippen molar-refractivity contribution in [1.82, 2.24) is 14.8 Å². The number of hydrogen-bond donors (Lipinski definition) is 1. The Bertz CT molecular complexity index is 639. The van der Waals surface area contributed by atoms with Gasteiger partial charge in [0, 0.05) is 18.4 Å². The zero-order valence-corrected chi connectivity index (χ0v) is 12.4. The number of anilines is 1. The molecule has 0 radical (unpaired) electrons. The summed E-state index contributed by atoms with van der Waals surface area (Å²) in [6.07, 6.45) is 5.04. The second-order valence-electron chi connectivity index (χ2n) is 4.86. The summed E-state index contributed by atoms with van der Waals surface area (Å²) in [4.78, 5) is 16.0. The van der Waals surface area contributed by atoms with Crippen LogP contribution in [0.25, 0.3) is 0 Å². The molecule has 2 aromatic rings. The van der Waals surface area contributed by atoms with Crippen LogP contribution in [0.15, 0.2) is 35.5 Å². The van der Waals surface area contributed by atoms with Crippen LogP contribution < -0.4 is 10.9 Å². The molecule has 0 saturated heterocycles. The Balaban J connectivity index is 2.27. The fourth-order valence-corrected chi connectivity index (χ4v) is 2.07. The number of halogens is 1. The summed E-state index contributed by atoms with van der Waals surface area (Å²) < 4.78 is 1.37. The number of nitrogens with one attached hydrogen (secondary N) is 1. The van der Waals surface area contributed by atoms with Crippen molar-refractivity contribution in [2.24, 2.45) is 0 Å². The summed E-state index contributed by atoms with van der Waals surface area (Å²) in [5.74, 6) is 0. The molecule has 0 amide bonds. The van der Waals surface area contributed by atoms with Crippen molar-refractivity contribution in [2.75, 3.05) is 5.32 Å². The number of hydrogen-bond acceptors (Lipinski definition) is 4. The highest BCUT2D eigenvalue weighted by atomic mass is 35.5. The predicted molar refractivity (Wildman–Crippen MR) is 80.2 cm³/mol. The minimum absolute atomic E-state index is 0.00611. The number of rotatable bonds is 4. The molecule has 2 aromatic heterocycles. The first-order valence-corrected chi connectivity index (χ1v) is 6.82. The highest BCUT2D eigenvalue weighted by Gasteiger charge is 2.13. The lowest BCUT2D eigenvalue weighted by molar-refractivity contribution is 0.503. The van der Waals surface area contributed by atoms with Crippen molar-refractivity contribution in [3.8, 4) is 0 Å². The monoisotopic (exact) mass is 292 g/mol. The van der Waals surface area contributed by atoms with Gasteiger partial charge in [-0.1, -0.05) is 11.6 Å². The van der Waals surface area contributed by atoms with Crippen molar-refractivity contribution < 1.29 is 0 Å². The van der Waals surface area contributed by atoms with Gasteiger partial charge in [0.25, 0.3) is 5.56 Å². The zero-order valence-electron chi connectivity index (χ0n) is 11.7. The molecule has 0 saturated carbocycles. The molecule has 20 heavy (non-hydrogen) atoms. The van der Waals surface area contributed by atoms with Gasteiger partial charge in [-0.25, -0.2) is 4.68 Å². The molecule has 0 spiro atoms. The average Bonchev–Trinajstić information content (AvgIpc) is 2.44. The smallest absolute Gasteiger partial charge is 0.287 e. The Kier molecular flexibility index (Phi) is 4.39. The first-order chi connectivity index (χ1) is 9.50. The van der Waals surface area contributed by atoms with E-state index in [9.17, 15) is 4.79 Å². The molecule has 6 heteroatoms. The molecule has 106 valence electrons. The largest absolute Gasteiger partial charge is 0.376 e. The van der Waals surface area contributed by atoms with E-state index >= 15 is 0 Å². The topological polar surface area (TPSA) is 59.8 Å². The van der Waals surface area contributed by atoms with Gasteiger partial charge in [-0.2, -0.15) is 5.10 Å². The van der Waals surface area contributed by atoms with Crippen LogP contribution in [0.4, 0.5) is 5.69 Å². The van der Waals surface area contributed by atoms with Crippen LogP contribution in [0.1, 0.15) is 38.4 Å². The lowest BCUT2D eigenvalue weighted by atomic mass is 10.1. The molecule has 0 aliphatic rings. The molecule has 2 heterocycles. The fraction of sp³-hybridized carbons (Fsp3) is 0.357. The summed E-state index contributed by atoms with van der Waals surface area (Å²) in [5, 5.41) is 7.49. The number of pyridine rings is 1. The van der Waals surface area contributed by atoms with Gasteiger partial charge >= 0.3 is 0 Å². The van der Waals surface area contributed by atoms with Crippen LogP contribution in [-0.4, -0.2) is 14.8 Å². The van der Waals surface area contributed by atoms with E-state index in [2.05, 4.69) is 15.4 Å². The Morgan fingerprint density at radius 2 is 1.90 bits per heavy atom. The molecule has 1 N–H and O–H groups in total. The molecular formula is C14H17ClN4O. The van der Waals surface area contributed by atoms with Gasteiger partial charge in [-0.15, -0.1) is 0 Å². The Morgan fingerprint density at radius 3 is 2.50 bits per heavy atom. The molecule has 2 rings (SSSR count). The van der Waals surface area contributed by atoms with Gasteiger partial charge in [-0.05, 0) is 38.5 Å². The van der Waals surface area contributed by atoms with Crippen LogP contribution in [0.5, 0.6) is 0 Å². The average molecular weight is 293 g/mol. The standard InChI is InChI=1S/C14H17ClN4O/c1-9(2)19-14(20)13(15)12(8-17-19)18-10(3)11-4-6-16-7-5-11/h4-10,18H,1-3H3. The summed E-state index contributed by atoms with van der Waals surface area (Å²) >= 11 is 6.13. The predicted octanol–water partition coefficient (Wildman–Crippen LogP) is 3.05. The third-order valence-corrected chi connectivity index (χ3v) is 3.38. The van der Waals surface area contributed by atoms with Gasteiger partial charge in [0.05, 0.1) is 17.9 Å². The summed E-state index contributed by atoms with van der Waals surface area (Å²) in [5.41, 5.74) is 1.32. The van der Waals surface area contributed by atoms with Crippen molar-refractivity contribution in [2.45, 2.75) is 32.9 Å². The quantitative estimate of drug-likeness (QED) is 0.941. The second-order valence-corrected chi connectivity index (χ2v) is 5.24. The van der Waals surface area contributed by atoms with E-state index in [4.69, 9.17) is 11.6 Å². The molecule has 0 aliphatic carbocycles. The van der Waals surface area contributed by atoms with Crippen LogP contribution >= 0.6 is 11.6 Å². The number of aromatic nitrogens is 3. The van der Waals surface area contributed by atoms with Gasteiger partial charge in [-0.3, -0.25) is 9.78 Å². The van der Waals surface area contributed by atoms with Gasteiger partial charge in [0.1, 0.15) is 5.02 Å². The molecule has 0 aromatic carbocycles. The molecule has 0 bridgehead atoms. The van der Waals surface area contributed by atoms with E-state index in [-0.39, 0.29) is 22.7 Å². The van der Waals surface area contributed by atoms with E-state index in [1.165, 1.54) is 4.68 Å².